The highest BCUT2D eigenvalue weighted by Crippen LogP contribution is 2.32. The van der Waals surface area contributed by atoms with Crippen LogP contribution < -0.4 is 10.0 Å². The van der Waals surface area contributed by atoms with Crippen molar-refractivity contribution < 1.29 is 22.9 Å². The van der Waals surface area contributed by atoms with Gasteiger partial charge >= 0.3 is 0 Å². The maximum absolute atomic E-state index is 13.8. The number of para-hydroxylation sites is 1. The van der Waals surface area contributed by atoms with Gasteiger partial charge in [0.1, 0.15) is 6.04 Å². The Labute approximate surface area is 230 Å². The number of anilines is 1. The molecule has 0 fully saturated rings. The van der Waals surface area contributed by atoms with E-state index in [9.17, 15) is 28.1 Å². The number of fused-ring (bicyclic) bond motifs is 1. The van der Waals surface area contributed by atoms with E-state index < -0.39 is 37.5 Å². The molecule has 0 bridgehead atoms. The van der Waals surface area contributed by atoms with Crippen LogP contribution in [0.25, 0.3) is 0 Å². The lowest BCUT2D eigenvalue weighted by Crippen LogP contribution is -2.38. The molecule has 1 atom stereocenters. The third kappa shape index (κ3) is 5.54. The van der Waals surface area contributed by atoms with Crippen molar-refractivity contribution in [1.29, 1.82) is 0 Å². The lowest BCUT2D eigenvalue weighted by atomic mass is 10.0. The van der Waals surface area contributed by atoms with Crippen LogP contribution in [0.2, 0.25) is 0 Å². The molecule has 0 saturated heterocycles. The SMILES string of the molecule is O=C1NC(C(=O)N(Cc2ccccc2)Cc2ccccc2)c2ccc(NS(=O)(=O)c3ccccc3[N+](=O)[O-])cc21. The van der Waals surface area contributed by atoms with Crippen molar-refractivity contribution in [3.8, 4) is 0 Å². The highest BCUT2D eigenvalue weighted by molar-refractivity contribution is 7.92. The van der Waals surface area contributed by atoms with Crippen molar-refractivity contribution in [3.63, 3.8) is 0 Å². The highest BCUT2D eigenvalue weighted by atomic mass is 32.2. The van der Waals surface area contributed by atoms with Crippen LogP contribution in [0.4, 0.5) is 11.4 Å². The number of hydrogen-bond donors (Lipinski definition) is 2. The van der Waals surface area contributed by atoms with Gasteiger partial charge in [0.25, 0.3) is 21.6 Å². The average Bonchev–Trinajstić information content (AvgIpc) is 3.28. The quantitative estimate of drug-likeness (QED) is 0.231. The van der Waals surface area contributed by atoms with Crippen molar-refractivity contribution in [2.24, 2.45) is 0 Å². The second kappa shape index (κ2) is 11.0. The van der Waals surface area contributed by atoms with Gasteiger partial charge in [-0.2, -0.15) is 0 Å². The van der Waals surface area contributed by atoms with Crippen LogP contribution >= 0.6 is 0 Å². The lowest BCUT2D eigenvalue weighted by molar-refractivity contribution is -0.387. The largest absolute Gasteiger partial charge is 0.336 e. The number of nitrogens with zero attached hydrogens (tertiary/aromatic N) is 2. The van der Waals surface area contributed by atoms with Gasteiger partial charge in [0.05, 0.1) is 4.92 Å². The maximum Gasteiger partial charge on any atom is 0.289 e. The molecule has 202 valence electrons. The summed E-state index contributed by atoms with van der Waals surface area (Å²) < 4.78 is 28.2. The molecule has 0 aliphatic carbocycles. The molecule has 2 N–H and O–H groups in total. The molecule has 1 aliphatic rings. The Morgan fingerprint density at radius 1 is 0.875 bits per heavy atom. The fourth-order valence-electron chi connectivity index (χ4n) is 4.60. The number of carbonyl (C=O) groups is 2. The van der Waals surface area contributed by atoms with Gasteiger partial charge in [0.15, 0.2) is 4.90 Å². The van der Waals surface area contributed by atoms with Crippen LogP contribution in [0, 0.1) is 10.1 Å². The first-order chi connectivity index (χ1) is 19.2. The third-order valence-corrected chi connectivity index (χ3v) is 7.91. The summed E-state index contributed by atoms with van der Waals surface area (Å²) in [5.41, 5.74) is 1.87. The molecule has 4 aromatic rings. The Morgan fingerprint density at radius 3 is 2.05 bits per heavy atom. The van der Waals surface area contributed by atoms with Crippen molar-refractivity contribution >= 4 is 33.2 Å². The van der Waals surface area contributed by atoms with Gasteiger partial charge in [-0.1, -0.05) is 78.9 Å². The predicted molar refractivity (Wildman–Crippen MR) is 148 cm³/mol. The summed E-state index contributed by atoms with van der Waals surface area (Å²) in [5, 5.41) is 14.0. The van der Waals surface area contributed by atoms with Gasteiger partial charge in [-0.3, -0.25) is 24.4 Å². The molecule has 1 unspecified atom stereocenters. The Bertz CT molecular complexity index is 1650. The summed E-state index contributed by atoms with van der Waals surface area (Å²) >= 11 is 0. The van der Waals surface area contributed by atoms with Crippen molar-refractivity contribution in [2.75, 3.05) is 4.72 Å². The topological polar surface area (TPSA) is 139 Å². The fourth-order valence-corrected chi connectivity index (χ4v) is 5.82. The van der Waals surface area contributed by atoms with Gasteiger partial charge in [-0.25, -0.2) is 8.42 Å². The summed E-state index contributed by atoms with van der Waals surface area (Å²) in [5.74, 6) is -0.840. The van der Waals surface area contributed by atoms with E-state index in [1.165, 1.54) is 30.3 Å². The molecule has 5 rings (SSSR count). The van der Waals surface area contributed by atoms with E-state index in [4.69, 9.17) is 0 Å². The average molecular weight is 557 g/mol. The Morgan fingerprint density at radius 2 is 1.45 bits per heavy atom. The van der Waals surface area contributed by atoms with E-state index in [1.807, 2.05) is 60.7 Å². The second-order valence-corrected chi connectivity index (χ2v) is 10.9. The van der Waals surface area contributed by atoms with Crippen molar-refractivity contribution in [1.82, 2.24) is 10.2 Å². The van der Waals surface area contributed by atoms with Gasteiger partial charge < -0.3 is 10.2 Å². The van der Waals surface area contributed by atoms with E-state index in [0.717, 1.165) is 23.3 Å². The Hall–Kier alpha value is -5.03. The monoisotopic (exact) mass is 556 g/mol. The molecule has 1 heterocycles. The fraction of sp³-hybridized carbons (Fsp3) is 0.103. The Kier molecular flexibility index (Phi) is 7.30. The van der Waals surface area contributed by atoms with E-state index in [1.54, 1.807) is 4.90 Å². The summed E-state index contributed by atoms with van der Waals surface area (Å²) in [6, 6.07) is 27.3. The maximum atomic E-state index is 13.8. The molecule has 2 amide bonds. The minimum absolute atomic E-state index is 0.0329. The van der Waals surface area contributed by atoms with E-state index >= 15 is 0 Å². The second-order valence-electron chi connectivity index (χ2n) is 9.20. The van der Waals surface area contributed by atoms with Gasteiger partial charge in [0, 0.05) is 30.4 Å². The van der Waals surface area contributed by atoms with Crippen LogP contribution in [-0.2, 0) is 27.9 Å². The summed E-state index contributed by atoms with van der Waals surface area (Å²) in [7, 11) is -4.33. The van der Waals surface area contributed by atoms with Crippen LogP contribution in [0.5, 0.6) is 0 Å². The summed E-state index contributed by atoms with van der Waals surface area (Å²) in [6.07, 6.45) is 0. The number of sulfonamides is 1. The van der Waals surface area contributed by atoms with E-state index in [-0.39, 0.29) is 17.2 Å². The predicted octanol–water partition coefficient (Wildman–Crippen LogP) is 4.41. The molecule has 4 aromatic carbocycles. The minimum Gasteiger partial charge on any atom is -0.336 e. The molecular formula is C29H24N4O6S. The minimum atomic E-state index is -4.33. The molecule has 40 heavy (non-hydrogen) atoms. The molecule has 10 nitrogen and oxygen atoms in total. The number of nitro benzene ring substituents is 1. The zero-order chi connectivity index (χ0) is 28.3. The van der Waals surface area contributed by atoms with Gasteiger partial charge in [0.2, 0.25) is 5.91 Å². The third-order valence-electron chi connectivity index (χ3n) is 6.48. The van der Waals surface area contributed by atoms with E-state index in [0.29, 0.717) is 18.7 Å². The summed E-state index contributed by atoms with van der Waals surface area (Å²) in [4.78, 5) is 38.4. The zero-order valence-corrected chi connectivity index (χ0v) is 21.9. The molecule has 0 aromatic heterocycles. The van der Waals surface area contributed by atoms with Crippen LogP contribution in [-0.4, -0.2) is 30.1 Å². The first kappa shape index (κ1) is 26.6. The summed E-state index contributed by atoms with van der Waals surface area (Å²) in [6.45, 7) is 0.647. The van der Waals surface area contributed by atoms with Crippen molar-refractivity contribution in [3.05, 3.63) is 135 Å². The number of hydrogen-bond acceptors (Lipinski definition) is 6. The number of benzene rings is 4. The van der Waals surface area contributed by atoms with Gasteiger partial charge in [-0.05, 0) is 34.9 Å². The number of carbonyl (C=O) groups excluding carboxylic acids is 2. The van der Waals surface area contributed by atoms with E-state index in [2.05, 4.69) is 10.0 Å². The zero-order valence-electron chi connectivity index (χ0n) is 21.1. The molecule has 0 radical (unpaired) electrons. The molecule has 0 spiro atoms. The standard InChI is InChI=1S/C29H24N4O6S/c34-28-24-17-22(31-40(38,39)26-14-8-7-13-25(26)33(36)37)15-16-23(24)27(30-28)29(35)32(18-20-9-3-1-4-10-20)19-21-11-5-2-6-12-21/h1-17,27,31H,18-19H2,(H,30,34). The normalized spacial score (nSPS) is 14.2. The smallest absolute Gasteiger partial charge is 0.289 e. The molecule has 0 saturated carbocycles. The highest BCUT2D eigenvalue weighted by Gasteiger charge is 2.37. The van der Waals surface area contributed by atoms with Gasteiger partial charge in [-0.15, -0.1) is 0 Å². The van der Waals surface area contributed by atoms with Crippen molar-refractivity contribution in [2.45, 2.75) is 24.0 Å². The molecular weight excluding hydrogens is 532 g/mol. The van der Waals surface area contributed by atoms with Crippen LogP contribution in [0.3, 0.4) is 0 Å². The van der Waals surface area contributed by atoms with Crippen LogP contribution in [0.15, 0.2) is 108 Å². The number of nitrogens with one attached hydrogen (secondary N) is 2. The lowest BCUT2D eigenvalue weighted by Gasteiger charge is -2.26. The number of nitro groups is 1. The Balaban J connectivity index is 1.42. The molecule has 11 heteroatoms. The molecule has 1 aliphatic heterocycles. The van der Waals surface area contributed by atoms with Crippen LogP contribution in [0.1, 0.15) is 33.1 Å². The number of amides is 2. The first-order valence-electron chi connectivity index (χ1n) is 12.3. The number of rotatable bonds is 9. The first-order valence-corrected chi connectivity index (χ1v) is 13.8.